The molecule has 0 aliphatic rings. The van der Waals surface area contributed by atoms with Crippen molar-refractivity contribution < 1.29 is 0 Å². The Balaban J connectivity index is 2.40. The molecule has 0 aliphatic heterocycles. The maximum absolute atomic E-state index is 4.44. The third kappa shape index (κ3) is 0.764. The zero-order valence-electron chi connectivity index (χ0n) is 8.77. The molecular formula is C13H7N3S. The van der Waals surface area contributed by atoms with E-state index in [0.29, 0.717) is 0 Å². The quantitative estimate of drug-likeness (QED) is 0.438. The van der Waals surface area contributed by atoms with Gasteiger partial charge in [0.05, 0.1) is 27.4 Å². The van der Waals surface area contributed by atoms with Gasteiger partial charge in [-0.2, -0.15) is 5.10 Å². The normalized spacial score (nSPS) is 12.7. The Morgan fingerprint density at radius 3 is 3.06 bits per heavy atom. The van der Waals surface area contributed by atoms with Gasteiger partial charge in [0.1, 0.15) is 0 Å². The van der Waals surface area contributed by atoms with Crippen molar-refractivity contribution in [1.29, 1.82) is 0 Å². The predicted octanol–water partition coefficient (Wildman–Crippen LogP) is 3.62. The minimum absolute atomic E-state index is 1.18. The molecule has 5 aromatic rings. The van der Waals surface area contributed by atoms with Gasteiger partial charge in [-0.3, -0.25) is 0 Å². The summed E-state index contributed by atoms with van der Waals surface area (Å²) in [5, 5.41) is 9.28. The molecule has 0 unspecified atom stereocenters. The first-order valence-corrected chi connectivity index (χ1v) is 6.38. The van der Waals surface area contributed by atoms with Crippen molar-refractivity contribution in [1.82, 2.24) is 14.6 Å². The molecule has 80 valence electrons. The Morgan fingerprint density at radius 2 is 2.06 bits per heavy atom. The Bertz CT molecular complexity index is 985. The molecule has 4 heteroatoms. The fraction of sp³-hybridized carbons (Fsp3) is 0. The molecule has 4 heterocycles. The van der Waals surface area contributed by atoms with Crippen LogP contribution in [0.15, 0.2) is 35.8 Å². The van der Waals surface area contributed by atoms with Crippen LogP contribution in [0.1, 0.15) is 0 Å². The number of thiophene rings is 1. The highest BCUT2D eigenvalue weighted by molar-refractivity contribution is 7.19. The van der Waals surface area contributed by atoms with Gasteiger partial charge >= 0.3 is 0 Å². The first-order valence-electron chi connectivity index (χ1n) is 5.50. The minimum atomic E-state index is 1.18. The topological polar surface area (TPSA) is 33.1 Å². The maximum Gasteiger partial charge on any atom is 0.0848 e. The van der Waals surface area contributed by atoms with Gasteiger partial charge in [0.2, 0.25) is 0 Å². The fourth-order valence-electron chi connectivity index (χ4n) is 2.78. The van der Waals surface area contributed by atoms with Crippen LogP contribution in [0.2, 0.25) is 0 Å². The second kappa shape index (κ2) is 2.43. The molecule has 3 nitrogen and oxygen atoms in total. The van der Waals surface area contributed by atoms with E-state index in [9.17, 15) is 0 Å². The van der Waals surface area contributed by atoms with E-state index in [4.69, 9.17) is 0 Å². The van der Waals surface area contributed by atoms with Crippen molar-refractivity contribution in [2.24, 2.45) is 0 Å². The Kier molecular flexibility index (Phi) is 1.16. The van der Waals surface area contributed by atoms with E-state index in [0.717, 1.165) is 0 Å². The highest BCUT2D eigenvalue weighted by Gasteiger charge is 2.16. The zero-order valence-corrected chi connectivity index (χ0v) is 9.58. The summed E-state index contributed by atoms with van der Waals surface area (Å²) in [6.07, 6.45) is 1.87. The van der Waals surface area contributed by atoms with Crippen molar-refractivity contribution in [3.05, 3.63) is 35.8 Å². The molecule has 0 atom stereocenters. The average Bonchev–Trinajstić information content (AvgIpc) is 3.01. The van der Waals surface area contributed by atoms with Gasteiger partial charge in [-0.05, 0) is 18.2 Å². The monoisotopic (exact) mass is 237 g/mol. The highest BCUT2D eigenvalue weighted by atomic mass is 32.1. The van der Waals surface area contributed by atoms with Gasteiger partial charge in [0, 0.05) is 21.7 Å². The van der Waals surface area contributed by atoms with Crippen LogP contribution in [0, 0.1) is 0 Å². The number of hydrogen-bond acceptors (Lipinski definition) is 2. The lowest BCUT2D eigenvalue weighted by molar-refractivity contribution is 1.01. The van der Waals surface area contributed by atoms with Crippen LogP contribution < -0.4 is 0 Å². The molecule has 17 heavy (non-hydrogen) atoms. The van der Waals surface area contributed by atoms with E-state index < -0.39 is 0 Å². The maximum atomic E-state index is 4.44. The van der Waals surface area contributed by atoms with Gasteiger partial charge in [-0.1, -0.05) is 6.07 Å². The molecule has 0 saturated heterocycles. The number of rotatable bonds is 0. The largest absolute Gasteiger partial charge is 0.354 e. The second-order valence-electron chi connectivity index (χ2n) is 4.31. The molecule has 1 aromatic carbocycles. The number of nitrogens with zero attached hydrogens (tertiary/aromatic N) is 2. The van der Waals surface area contributed by atoms with Crippen LogP contribution in [0.5, 0.6) is 0 Å². The molecule has 0 bridgehead atoms. The summed E-state index contributed by atoms with van der Waals surface area (Å²) in [6.45, 7) is 0. The van der Waals surface area contributed by atoms with Gasteiger partial charge in [-0.15, -0.1) is 11.3 Å². The SMILES string of the molecule is c1cc2[nH]c3csc4c3c2c(c1)n1nccc41. The number of aromatic amines is 1. The Hall–Kier alpha value is -2.07. The number of pyridine rings is 1. The van der Waals surface area contributed by atoms with Gasteiger partial charge in [0.25, 0.3) is 0 Å². The summed E-state index contributed by atoms with van der Waals surface area (Å²) in [6, 6.07) is 8.42. The van der Waals surface area contributed by atoms with E-state index in [1.807, 2.05) is 10.7 Å². The van der Waals surface area contributed by atoms with E-state index in [2.05, 4.69) is 39.7 Å². The van der Waals surface area contributed by atoms with Crippen LogP contribution in [-0.2, 0) is 0 Å². The third-order valence-corrected chi connectivity index (χ3v) is 4.46. The van der Waals surface area contributed by atoms with Crippen molar-refractivity contribution in [3.8, 4) is 0 Å². The van der Waals surface area contributed by atoms with E-state index >= 15 is 0 Å². The third-order valence-electron chi connectivity index (χ3n) is 3.46. The zero-order chi connectivity index (χ0) is 11.0. The van der Waals surface area contributed by atoms with Crippen molar-refractivity contribution in [2.75, 3.05) is 0 Å². The molecule has 0 fully saturated rings. The summed E-state index contributed by atoms with van der Waals surface area (Å²) >= 11 is 1.78. The Labute approximate surface area is 99.6 Å². The van der Waals surface area contributed by atoms with Gasteiger partial charge in [0.15, 0.2) is 0 Å². The van der Waals surface area contributed by atoms with Gasteiger partial charge < -0.3 is 4.98 Å². The molecule has 0 aliphatic carbocycles. The van der Waals surface area contributed by atoms with E-state index in [1.54, 1.807) is 11.3 Å². The highest BCUT2D eigenvalue weighted by Crippen LogP contribution is 2.39. The van der Waals surface area contributed by atoms with E-state index in [1.165, 1.54) is 37.5 Å². The lowest BCUT2D eigenvalue weighted by atomic mass is 10.1. The lowest BCUT2D eigenvalue weighted by Gasteiger charge is -2.02. The molecule has 0 saturated carbocycles. The molecule has 0 radical (unpaired) electrons. The molecule has 1 N–H and O–H groups in total. The number of nitrogens with one attached hydrogen (secondary N) is 1. The molecule has 4 aromatic heterocycles. The number of fused-ring (bicyclic) bond motifs is 3. The minimum Gasteiger partial charge on any atom is -0.354 e. The summed E-state index contributed by atoms with van der Waals surface area (Å²) < 4.78 is 3.36. The lowest BCUT2D eigenvalue weighted by Crippen LogP contribution is -1.89. The van der Waals surface area contributed by atoms with Crippen molar-refractivity contribution in [2.45, 2.75) is 0 Å². The summed E-state index contributed by atoms with van der Waals surface area (Å²) in [4.78, 5) is 3.47. The number of hydrogen-bond donors (Lipinski definition) is 1. The first-order chi connectivity index (χ1) is 8.43. The summed E-state index contributed by atoms with van der Waals surface area (Å²) in [5.41, 5.74) is 4.81. The predicted molar refractivity (Wildman–Crippen MR) is 71.1 cm³/mol. The van der Waals surface area contributed by atoms with Crippen LogP contribution in [0.4, 0.5) is 0 Å². The smallest absolute Gasteiger partial charge is 0.0848 e. The van der Waals surface area contributed by atoms with Crippen LogP contribution in [0.25, 0.3) is 37.5 Å². The second-order valence-corrected chi connectivity index (χ2v) is 5.19. The van der Waals surface area contributed by atoms with Gasteiger partial charge in [-0.25, -0.2) is 4.52 Å². The number of aromatic nitrogens is 3. The van der Waals surface area contributed by atoms with E-state index in [-0.39, 0.29) is 0 Å². The standard InChI is InChI=1S/C13H7N3S/c1-2-7-11-9(3-1)16-10(4-5-14-16)13-12(11)8(15-7)6-17-13/h1-6,15H. The molecule has 5 rings (SSSR count). The average molecular weight is 237 g/mol. The summed E-state index contributed by atoms with van der Waals surface area (Å²) in [7, 11) is 0. The Morgan fingerprint density at radius 1 is 1.06 bits per heavy atom. The molecule has 0 spiro atoms. The van der Waals surface area contributed by atoms with Crippen LogP contribution >= 0.6 is 11.3 Å². The summed E-state index contributed by atoms with van der Waals surface area (Å²) in [5.74, 6) is 0. The molecular weight excluding hydrogens is 230 g/mol. The fourth-order valence-corrected chi connectivity index (χ4v) is 3.80. The van der Waals surface area contributed by atoms with Crippen LogP contribution in [0.3, 0.4) is 0 Å². The van der Waals surface area contributed by atoms with Crippen molar-refractivity contribution >= 4 is 48.9 Å². The first kappa shape index (κ1) is 8.08. The van der Waals surface area contributed by atoms with Crippen molar-refractivity contribution in [3.63, 3.8) is 0 Å². The number of benzene rings is 1. The van der Waals surface area contributed by atoms with Crippen LogP contribution in [-0.4, -0.2) is 14.6 Å². The molecule has 0 amide bonds. The number of H-pyrrole nitrogens is 1.